The van der Waals surface area contributed by atoms with Crippen LogP contribution in [0, 0.1) is 0 Å². The minimum atomic E-state index is -1.02. The molecule has 0 aromatic rings. The standard InChI is InChI=1S/C13H24N2O4/c1-2-3-6-10(12(17)18)15-13(19)14-9-7-4-5-8-11(9)16/h9-11,16H,2-8H2,1H3,(H,17,18)(H2,14,15,19)/t9?,10-,11?/m0/s1. The summed E-state index contributed by atoms with van der Waals surface area (Å²) < 4.78 is 0. The number of aliphatic hydroxyl groups excluding tert-OH is 1. The second-order valence-electron chi connectivity index (χ2n) is 5.11. The molecule has 0 spiro atoms. The van der Waals surface area contributed by atoms with Crippen LogP contribution in [0.15, 0.2) is 0 Å². The van der Waals surface area contributed by atoms with Crippen molar-refractivity contribution in [2.75, 3.05) is 0 Å². The number of carbonyl (C=O) groups excluding carboxylic acids is 1. The average molecular weight is 272 g/mol. The number of carbonyl (C=O) groups is 2. The van der Waals surface area contributed by atoms with E-state index in [1.165, 1.54) is 0 Å². The van der Waals surface area contributed by atoms with E-state index in [0.717, 1.165) is 32.1 Å². The zero-order valence-electron chi connectivity index (χ0n) is 11.4. The molecule has 3 atom stereocenters. The molecule has 1 fully saturated rings. The number of rotatable bonds is 6. The Bertz CT molecular complexity index is 309. The lowest BCUT2D eigenvalue weighted by Gasteiger charge is -2.28. The van der Waals surface area contributed by atoms with E-state index in [-0.39, 0.29) is 6.04 Å². The van der Waals surface area contributed by atoms with Crippen molar-refractivity contribution in [3.05, 3.63) is 0 Å². The van der Waals surface area contributed by atoms with Crippen molar-refractivity contribution in [3.8, 4) is 0 Å². The molecule has 1 aliphatic carbocycles. The normalized spacial score (nSPS) is 24.5. The third kappa shape index (κ3) is 5.46. The fraction of sp³-hybridized carbons (Fsp3) is 0.846. The Morgan fingerprint density at radius 2 is 2.00 bits per heavy atom. The van der Waals surface area contributed by atoms with E-state index in [2.05, 4.69) is 10.6 Å². The molecule has 1 saturated carbocycles. The summed E-state index contributed by atoms with van der Waals surface area (Å²) >= 11 is 0. The van der Waals surface area contributed by atoms with Gasteiger partial charge in [0.1, 0.15) is 6.04 Å². The summed E-state index contributed by atoms with van der Waals surface area (Å²) in [6.45, 7) is 1.97. The molecule has 1 rings (SSSR count). The fourth-order valence-electron chi connectivity index (χ4n) is 2.31. The highest BCUT2D eigenvalue weighted by Crippen LogP contribution is 2.18. The van der Waals surface area contributed by atoms with E-state index in [4.69, 9.17) is 5.11 Å². The van der Waals surface area contributed by atoms with Gasteiger partial charge in [-0.15, -0.1) is 0 Å². The molecular weight excluding hydrogens is 248 g/mol. The van der Waals surface area contributed by atoms with E-state index in [1.807, 2.05) is 6.92 Å². The molecule has 4 N–H and O–H groups in total. The maximum atomic E-state index is 11.7. The number of hydrogen-bond donors (Lipinski definition) is 4. The number of nitrogens with one attached hydrogen (secondary N) is 2. The van der Waals surface area contributed by atoms with Crippen LogP contribution >= 0.6 is 0 Å². The number of carboxylic acids is 1. The SMILES string of the molecule is CCCC[C@H](NC(=O)NC1CCCCC1O)C(=O)O. The average Bonchev–Trinajstić information content (AvgIpc) is 2.37. The Balaban J connectivity index is 2.40. The van der Waals surface area contributed by atoms with Gasteiger partial charge in [0.25, 0.3) is 0 Å². The molecule has 6 heteroatoms. The second-order valence-corrected chi connectivity index (χ2v) is 5.11. The number of urea groups is 1. The summed E-state index contributed by atoms with van der Waals surface area (Å²) in [5, 5.41) is 23.9. The third-order valence-corrected chi connectivity index (χ3v) is 3.50. The molecule has 6 nitrogen and oxygen atoms in total. The first-order valence-corrected chi connectivity index (χ1v) is 7.02. The summed E-state index contributed by atoms with van der Waals surface area (Å²) in [7, 11) is 0. The molecule has 0 bridgehead atoms. The summed E-state index contributed by atoms with van der Waals surface area (Å²) in [6, 6.07) is -1.63. The van der Waals surface area contributed by atoms with E-state index in [0.29, 0.717) is 12.8 Å². The van der Waals surface area contributed by atoms with Crippen molar-refractivity contribution in [3.63, 3.8) is 0 Å². The van der Waals surface area contributed by atoms with Crippen LogP contribution in [0.4, 0.5) is 4.79 Å². The fourth-order valence-corrected chi connectivity index (χ4v) is 2.31. The molecular formula is C13H24N2O4. The number of hydrogen-bond acceptors (Lipinski definition) is 3. The molecule has 0 aliphatic heterocycles. The highest BCUT2D eigenvalue weighted by Gasteiger charge is 2.26. The summed E-state index contributed by atoms with van der Waals surface area (Å²) in [4.78, 5) is 22.7. The lowest BCUT2D eigenvalue weighted by molar-refractivity contribution is -0.139. The Morgan fingerprint density at radius 3 is 2.58 bits per heavy atom. The highest BCUT2D eigenvalue weighted by atomic mass is 16.4. The molecule has 19 heavy (non-hydrogen) atoms. The first-order valence-electron chi connectivity index (χ1n) is 7.02. The van der Waals surface area contributed by atoms with Crippen molar-refractivity contribution in [1.82, 2.24) is 10.6 Å². The summed E-state index contributed by atoms with van der Waals surface area (Å²) in [5.41, 5.74) is 0. The van der Waals surface area contributed by atoms with Gasteiger partial charge in [-0.1, -0.05) is 32.6 Å². The van der Waals surface area contributed by atoms with Gasteiger partial charge in [0, 0.05) is 0 Å². The van der Waals surface area contributed by atoms with Gasteiger partial charge < -0.3 is 20.8 Å². The van der Waals surface area contributed by atoms with E-state index < -0.39 is 24.1 Å². The minimum absolute atomic E-state index is 0.269. The van der Waals surface area contributed by atoms with Crippen molar-refractivity contribution in [2.45, 2.75) is 70.1 Å². The first kappa shape index (κ1) is 15.8. The van der Waals surface area contributed by atoms with Crippen molar-refractivity contribution in [2.24, 2.45) is 0 Å². The van der Waals surface area contributed by atoms with Crippen molar-refractivity contribution in [1.29, 1.82) is 0 Å². The molecule has 1 aliphatic rings. The Hall–Kier alpha value is -1.30. The molecule has 0 aromatic carbocycles. The van der Waals surface area contributed by atoms with Crippen LogP contribution in [0.1, 0.15) is 51.9 Å². The quantitative estimate of drug-likeness (QED) is 0.584. The van der Waals surface area contributed by atoms with Gasteiger partial charge >= 0.3 is 12.0 Å². The van der Waals surface area contributed by atoms with Gasteiger partial charge in [0.05, 0.1) is 12.1 Å². The molecule has 0 heterocycles. The molecule has 110 valence electrons. The predicted octanol–water partition coefficient (Wildman–Crippen LogP) is 1.23. The van der Waals surface area contributed by atoms with Crippen LogP contribution in [0.5, 0.6) is 0 Å². The topological polar surface area (TPSA) is 98.7 Å². The summed E-state index contributed by atoms with van der Waals surface area (Å²) in [5.74, 6) is -1.02. The van der Waals surface area contributed by atoms with Crippen LogP contribution in [-0.4, -0.2) is 40.4 Å². The molecule has 0 aromatic heterocycles. The van der Waals surface area contributed by atoms with E-state index >= 15 is 0 Å². The van der Waals surface area contributed by atoms with Crippen molar-refractivity contribution >= 4 is 12.0 Å². The largest absolute Gasteiger partial charge is 0.480 e. The van der Waals surface area contributed by atoms with Gasteiger partial charge in [-0.2, -0.15) is 0 Å². The molecule has 0 saturated heterocycles. The van der Waals surface area contributed by atoms with Crippen LogP contribution < -0.4 is 10.6 Å². The molecule has 0 radical (unpaired) electrons. The number of aliphatic carboxylic acids is 1. The number of carboxylic acid groups (broad SMARTS) is 1. The Labute approximate surface area is 113 Å². The molecule has 2 amide bonds. The van der Waals surface area contributed by atoms with Crippen LogP contribution in [0.25, 0.3) is 0 Å². The molecule has 2 unspecified atom stereocenters. The smallest absolute Gasteiger partial charge is 0.326 e. The van der Waals surface area contributed by atoms with Gasteiger partial charge in [0.2, 0.25) is 0 Å². The van der Waals surface area contributed by atoms with Crippen LogP contribution in [-0.2, 0) is 4.79 Å². The van der Waals surface area contributed by atoms with Gasteiger partial charge in [0.15, 0.2) is 0 Å². The predicted molar refractivity (Wildman–Crippen MR) is 70.9 cm³/mol. The first-order chi connectivity index (χ1) is 9.04. The second kappa shape index (κ2) is 7.99. The number of aliphatic hydroxyl groups is 1. The highest BCUT2D eigenvalue weighted by molar-refractivity contribution is 5.82. The zero-order chi connectivity index (χ0) is 14.3. The lowest BCUT2D eigenvalue weighted by Crippen LogP contribution is -2.52. The summed E-state index contributed by atoms with van der Waals surface area (Å²) in [6.07, 6.45) is 4.89. The van der Waals surface area contributed by atoms with Gasteiger partial charge in [-0.05, 0) is 19.3 Å². The van der Waals surface area contributed by atoms with E-state index in [9.17, 15) is 14.7 Å². The lowest BCUT2D eigenvalue weighted by atomic mass is 9.93. The minimum Gasteiger partial charge on any atom is -0.480 e. The van der Waals surface area contributed by atoms with Crippen LogP contribution in [0.3, 0.4) is 0 Å². The Morgan fingerprint density at radius 1 is 1.32 bits per heavy atom. The monoisotopic (exact) mass is 272 g/mol. The van der Waals surface area contributed by atoms with Gasteiger partial charge in [-0.25, -0.2) is 9.59 Å². The van der Waals surface area contributed by atoms with Crippen molar-refractivity contribution < 1.29 is 19.8 Å². The zero-order valence-corrected chi connectivity index (χ0v) is 11.4. The maximum absolute atomic E-state index is 11.7. The van der Waals surface area contributed by atoms with E-state index in [1.54, 1.807) is 0 Å². The van der Waals surface area contributed by atoms with Crippen LogP contribution in [0.2, 0.25) is 0 Å². The number of amides is 2. The number of unbranched alkanes of at least 4 members (excludes halogenated alkanes) is 1. The Kier molecular flexibility index (Phi) is 6.62. The third-order valence-electron chi connectivity index (χ3n) is 3.50. The van der Waals surface area contributed by atoms with Gasteiger partial charge in [-0.3, -0.25) is 0 Å². The maximum Gasteiger partial charge on any atom is 0.326 e.